The maximum Gasteiger partial charge on any atom is 0.230 e. The average Bonchev–Trinajstić information content (AvgIpc) is 3.01. The number of rotatable bonds is 5. The fraction of sp³-hybridized carbons (Fsp3) is 0.444. The lowest BCUT2D eigenvalue weighted by Crippen LogP contribution is -2.37. The van der Waals surface area contributed by atoms with Crippen LogP contribution in [0.2, 0.25) is 0 Å². The number of benzene rings is 1. The molecule has 25 heavy (non-hydrogen) atoms. The van der Waals surface area contributed by atoms with Gasteiger partial charge in [0.05, 0.1) is 25.8 Å². The molecule has 0 radical (unpaired) electrons. The molecule has 134 valence electrons. The predicted octanol–water partition coefficient (Wildman–Crippen LogP) is 3.07. The molecule has 6 nitrogen and oxygen atoms in total. The first kappa shape index (κ1) is 17.7. The van der Waals surface area contributed by atoms with Gasteiger partial charge in [0.25, 0.3) is 0 Å². The minimum atomic E-state index is 0.0162. The van der Waals surface area contributed by atoms with Crippen LogP contribution >= 0.6 is 11.3 Å². The summed E-state index contributed by atoms with van der Waals surface area (Å²) in [6.45, 7) is 3.73. The van der Waals surface area contributed by atoms with Crippen molar-refractivity contribution in [3.63, 3.8) is 0 Å². The second-order valence-electron chi connectivity index (χ2n) is 6.03. The highest BCUT2D eigenvalue weighted by Gasteiger charge is 2.22. The molecule has 0 aliphatic carbocycles. The van der Waals surface area contributed by atoms with E-state index < -0.39 is 0 Å². The number of amides is 1. The Balaban J connectivity index is 1.79. The Morgan fingerprint density at radius 2 is 2.12 bits per heavy atom. The number of carbonyl (C=O) groups excluding carboxylic acids is 1. The molecule has 0 unspecified atom stereocenters. The average molecular weight is 361 g/mol. The SMILES string of the molecule is COc1ccc(-c2nc(NC(=O)[C@H]3CCCNC3)sc2C)cc1OC. The first-order valence-electron chi connectivity index (χ1n) is 8.33. The van der Waals surface area contributed by atoms with E-state index in [1.54, 1.807) is 14.2 Å². The van der Waals surface area contributed by atoms with Gasteiger partial charge < -0.3 is 20.1 Å². The Morgan fingerprint density at radius 3 is 2.80 bits per heavy atom. The van der Waals surface area contributed by atoms with E-state index in [-0.39, 0.29) is 11.8 Å². The van der Waals surface area contributed by atoms with Crippen LogP contribution in [0.1, 0.15) is 17.7 Å². The van der Waals surface area contributed by atoms with Crippen molar-refractivity contribution in [1.29, 1.82) is 0 Å². The number of piperidine rings is 1. The smallest absolute Gasteiger partial charge is 0.230 e. The number of carbonyl (C=O) groups is 1. The molecule has 7 heteroatoms. The molecule has 1 fully saturated rings. The van der Waals surface area contributed by atoms with Gasteiger partial charge in [0.1, 0.15) is 0 Å². The number of aryl methyl sites for hydroxylation is 1. The molecule has 1 atom stereocenters. The van der Waals surface area contributed by atoms with Gasteiger partial charge in [-0.05, 0) is 44.5 Å². The number of aromatic nitrogens is 1. The van der Waals surface area contributed by atoms with Crippen LogP contribution < -0.4 is 20.1 Å². The lowest BCUT2D eigenvalue weighted by molar-refractivity contribution is -0.120. The van der Waals surface area contributed by atoms with Crippen molar-refractivity contribution < 1.29 is 14.3 Å². The molecular formula is C18H23N3O3S. The summed E-state index contributed by atoms with van der Waals surface area (Å²) < 4.78 is 10.6. The van der Waals surface area contributed by atoms with Crippen molar-refractivity contribution in [3.8, 4) is 22.8 Å². The number of hydrogen-bond donors (Lipinski definition) is 2. The van der Waals surface area contributed by atoms with Gasteiger partial charge >= 0.3 is 0 Å². The second kappa shape index (κ2) is 7.84. The Kier molecular flexibility index (Phi) is 5.55. The van der Waals surface area contributed by atoms with Crippen LogP contribution in [0.5, 0.6) is 11.5 Å². The highest BCUT2D eigenvalue weighted by Crippen LogP contribution is 2.36. The maximum atomic E-state index is 12.4. The third kappa shape index (κ3) is 3.93. The molecule has 1 aromatic heterocycles. The highest BCUT2D eigenvalue weighted by molar-refractivity contribution is 7.16. The van der Waals surface area contributed by atoms with Crippen LogP contribution in [0.15, 0.2) is 18.2 Å². The first-order chi connectivity index (χ1) is 12.1. The number of nitrogens with zero attached hydrogens (tertiary/aromatic N) is 1. The van der Waals surface area contributed by atoms with E-state index in [1.165, 1.54) is 11.3 Å². The quantitative estimate of drug-likeness (QED) is 0.856. The van der Waals surface area contributed by atoms with Crippen LogP contribution in [0.25, 0.3) is 11.3 Å². The van der Waals surface area contributed by atoms with Crippen molar-refractivity contribution in [1.82, 2.24) is 10.3 Å². The summed E-state index contributed by atoms with van der Waals surface area (Å²) in [5, 5.41) is 6.87. The summed E-state index contributed by atoms with van der Waals surface area (Å²) in [7, 11) is 3.22. The van der Waals surface area contributed by atoms with Crippen molar-refractivity contribution >= 4 is 22.4 Å². The first-order valence-corrected chi connectivity index (χ1v) is 9.15. The second-order valence-corrected chi connectivity index (χ2v) is 7.23. The molecule has 3 rings (SSSR count). The summed E-state index contributed by atoms with van der Waals surface area (Å²) in [6, 6.07) is 5.70. The Bertz CT molecular complexity index is 754. The molecular weight excluding hydrogens is 338 g/mol. The van der Waals surface area contributed by atoms with Crippen molar-refractivity contribution in [2.75, 3.05) is 32.6 Å². The Morgan fingerprint density at radius 1 is 1.32 bits per heavy atom. The minimum Gasteiger partial charge on any atom is -0.493 e. The summed E-state index contributed by atoms with van der Waals surface area (Å²) >= 11 is 1.49. The number of thiazole rings is 1. The predicted molar refractivity (Wildman–Crippen MR) is 99.6 cm³/mol. The molecule has 0 saturated carbocycles. The van der Waals surface area contributed by atoms with Gasteiger partial charge in [-0.2, -0.15) is 0 Å². The Labute approximate surface area is 151 Å². The zero-order valence-corrected chi connectivity index (χ0v) is 15.5. The van der Waals surface area contributed by atoms with Crippen LogP contribution in [0.3, 0.4) is 0 Å². The van der Waals surface area contributed by atoms with E-state index in [1.807, 2.05) is 25.1 Å². The van der Waals surface area contributed by atoms with Crippen LogP contribution in [0, 0.1) is 12.8 Å². The highest BCUT2D eigenvalue weighted by atomic mass is 32.1. The summed E-state index contributed by atoms with van der Waals surface area (Å²) in [5.74, 6) is 1.39. The maximum absolute atomic E-state index is 12.4. The minimum absolute atomic E-state index is 0.0162. The fourth-order valence-corrected chi connectivity index (χ4v) is 3.82. The number of nitrogens with one attached hydrogen (secondary N) is 2. The number of methoxy groups -OCH3 is 2. The van der Waals surface area contributed by atoms with Crippen molar-refractivity contribution in [2.24, 2.45) is 5.92 Å². The molecule has 1 aliphatic rings. The van der Waals surface area contributed by atoms with Gasteiger partial charge in [0.2, 0.25) is 5.91 Å². The lowest BCUT2D eigenvalue weighted by atomic mass is 9.99. The zero-order valence-electron chi connectivity index (χ0n) is 14.7. The van der Waals surface area contributed by atoms with Crippen LogP contribution in [0.4, 0.5) is 5.13 Å². The molecule has 0 bridgehead atoms. The Hall–Kier alpha value is -2.12. The van der Waals surface area contributed by atoms with E-state index in [0.717, 1.165) is 42.1 Å². The van der Waals surface area contributed by atoms with Crippen LogP contribution in [-0.4, -0.2) is 38.2 Å². The molecule has 1 aliphatic heterocycles. The van der Waals surface area contributed by atoms with E-state index in [2.05, 4.69) is 15.6 Å². The van der Waals surface area contributed by atoms with Gasteiger partial charge in [-0.25, -0.2) is 4.98 Å². The van der Waals surface area contributed by atoms with Gasteiger partial charge in [0.15, 0.2) is 16.6 Å². The topological polar surface area (TPSA) is 72.5 Å². The molecule has 1 aromatic carbocycles. The number of anilines is 1. The standard InChI is InChI=1S/C18H23N3O3S/c1-11-16(12-6-7-14(23-2)15(9-12)24-3)20-18(25-11)21-17(22)13-5-4-8-19-10-13/h6-7,9,13,19H,4-5,8,10H2,1-3H3,(H,20,21,22)/t13-/m0/s1. The van der Waals surface area contributed by atoms with Gasteiger partial charge in [0, 0.05) is 17.0 Å². The molecule has 1 saturated heterocycles. The van der Waals surface area contributed by atoms with E-state index in [0.29, 0.717) is 16.6 Å². The van der Waals surface area contributed by atoms with Gasteiger partial charge in [-0.3, -0.25) is 4.79 Å². The van der Waals surface area contributed by atoms with E-state index in [4.69, 9.17) is 9.47 Å². The normalized spacial score (nSPS) is 17.2. The largest absolute Gasteiger partial charge is 0.493 e. The fourth-order valence-electron chi connectivity index (χ4n) is 2.98. The third-order valence-corrected chi connectivity index (χ3v) is 5.24. The van der Waals surface area contributed by atoms with Crippen molar-refractivity contribution in [2.45, 2.75) is 19.8 Å². The van der Waals surface area contributed by atoms with E-state index >= 15 is 0 Å². The third-order valence-electron chi connectivity index (χ3n) is 4.35. The lowest BCUT2D eigenvalue weighted by Gasteiger charge is -2.21. The zero-order chi connectivity index (χ0) is 17.8. The molecule has 0 spiro atoms. The summed E-state index contributed by atoms with van der Waals surface area (Å²) in [6.07, 6.45) is 1.96. The molecule has 1 amide bonds. The monoisotopic (exact) mass is 361 g/mol. The molecule has 2 heterocycles. The van der Waals surface area contributed by atoms with Crippen molar-refractivity contribution in [3.05, 3.63) is 23.1 Å². The molecule has 2 aromatic rings. The number of ether oxygens (including phenoxy) is 2. The molecule has 2 N–H and O–H groups in total. The summed E-state index contributed by atoms with van der Waals surface area (Å²) in [5.41, 5.74) is 1.79. The summed E-state index contributed by atoms with van der Waals surface area (Å²) in [4.78, 5) is 18.0. The van der Waals surface area contributed by atoms with Gasteiger partial charge in [-0.1, -0.05) is 0 Å². The van der Waals surface area contributed by atoms with E-state index in [9.17, 15) is 4.79 Å². The number of hydrogen-bond acceptors (Lipinski definition) is 6. The van der Waals surface area contributed by atoms with Crippen LogP contribution in [-0.2, 0) is 4.79 Å². The van der Waals surface area contributed by atoms with Gasteiger partial charge in [-0.15, -0.1) is 11.3 Å².